The van der Waals surface area contributed by atoms with Crippen molar-refractivity contribution in [1.82, 2.24) is 14.5 Å². The van der Waals surface area contributed by atoms with Gasteiger partial charge in [-0.2, -0.15) is 0 Å². The van der Waals surface area contributed by atoms with E-state index in [1.54, 1.807) is 40.9 Å². The maximum atomic E-state index is 13.2. The Labute approximate surface area is 202 Å². The average molecular weight is 487 g/mol. The summed E-state index contributed by atoms with van der Waals surface area (Å²) in [4.78, 5) is 23.9. The summed E-state index contributed by atoms with van der Waals surface area (Å²) in [6.07, 6.45) is 9.59. The van der Waals surface area contributed by atoms with Crippen LogP contribution in [0.25, 0.3) is 16.3 Å². The maximum absolute atomic E-state index is 13.2. The first-order chi connectivity index (χ1) is 15.0. The minimum absolute atomic E-state index is 0. The second-order valence-corrected chi connectivity index (χ2v) is 8.77. The largest absolute Gasteiger partial charge is 0.337 e. The smallest absolute Gasteiger partial charge is 0.252 e. The average Bonchev–Trinajstić information content (AvgIpc) is 3.43. The number of carbonyl (C=O) groups excluding carboxylic acids is 1. The number of aryl methyl sites for hydroxylation is 3. The van der Waals surface area contributed by atoms with Crippen molar-refractivity contribution in [3.05, 3.63) is 82.9 Å². The normalized spacial score (nSPS) is 11.1. The molecule has 0 atom stereocenters. The van der Waals surface area contributed by atoms with Gasteiger partial charge < -0.3 is 4.57 Å². The van der Waals surface area contributed by atoms with Crippen LogP contribution in [-0.2, 0) is 11.3 Å². The molecule has 0 saturated heterocycles. The summed E-state index contributed by atoms with van der Waals surface area (Å²) in [6, 6.07) is 11.6. The van der Waals surface area contributed by atoms with Gasteiger partial charge in [0.2, 0.25) is 0 Å². The van der Waals surface area contributed by atoms with Crippen LogP contribution in [0.1, 0.15) is 23.1 Å². The summed E-state index contributed by atoms with van der Waals surface area (Å²) in [6.45, 7) is 5.49. The second-order valence-electron chi connectivity index (χ2n) is 7.35. The summed E-state index contributed by atoms with van der Waals surface area (Å²) < 4.78 is 3.09. The fourth-order valence-electron chi connectivity index (χ4n) is 3.32. The highest BCUT2D eigenvalue weighted by molar-refractivity contribution is 7.22. The van der Waals surface area contributed by atoms with Crippen LogP contribution in [0.4, 0.5) is 5.13 Å². The molecule has 2 aromatic carbocycles. The highest BCUT2D eigenvalue weighted by atomic mass is 35.5. The molecule has 0 radical (unpaired) electrons. The van der Waals surface area contributed by atoms with Gasteiger partial charge in [0.15, 0.2) is 5.13 Å². The molecule has 1 amide bonds. The lowest BCUT2D eigenvalue weighted by Gasteiger charge is -2.18. The van der Waals surface area contributed by atoms with Gasteiger partial charge in [0.1, 0.15) is 0 Å². The van der Waals surface area contributed by atoms with Crippen molar-refractivity contribution in [2.24, 2.45) is 0 Å². The fraction of sp³-hybridized carbons (Fsp3) is 0.208. The van der Waals surface area contributed by atoms with Crippen molar-refractivity contribution in [2.75, 3.05) is 11.4 Å². The molecule has 0 N–H and O–H groups in total. The van der Waals surface area contributed by atoms with Gasteiger partial charge in [0, 0.05) is 36.6 Å². The van der Waals surface area contributed by atoms with Crippen molar-refractivity contribution < 1.29 is 4.79 Å². The number of hydrogen-bond acceptors (Lipinski definition) is 4. The van der Waals surface area contributed by atoms with Crippen molar-refractivity contribution in [3.8, 4) is 0 Å². The van der Waals surface area contributed by atoms with Gasteiger partial charge in [0.05, 0.1) is 16.5 Å². The van der Waals surface area contributed by atoms with E-state index in [0.717, 1.165) is 34.3 Å². The highest BCUT2D eigenvalue weighted by Gasteiger charge is 2.19. The van der Waals surface area contributed by atoms with Crippen LogP contribution in [-0.4, -0.2) is 27.0 Å². The first kappa shape index (κ1) is 24.0. The molecule has 0 bridgehead atoms. The third-order valence-corrected chi connectivity index (χ3v) is 6.63. The standard InChI is InChI=1S/C24H23ClN4OS.ClH/c1-17-8-10-21-23(18(17)2)27-24(31-21)29(14-5-13-28-15-12-26-16-28)22(30)11-9-19-6-3-4-7-20(19)25;/h3-4,6-12,15-16H,5,13-14H2,1-2H3;1H/b11-9+;. The second kappa shape index (κ2) is 10.8. The van der Waals surface area contributed by atoms with E-state index in [1.165, 1.54) is 5.56 Å². The van der Waals surface area contributed by atoms with Crippen molar-refractivity contribution in [2.45, 2.75) is 26.8 Å². The molecule has 32 heavy (non-hydrogen) atoms. The Hall–Kier alpha value is -2.67. The summed E-state index contributed by atoms with van der Waals surface area (Å²) in [7, 11) is 0. The molecule has 4 rings (SSSR count). The highest BCUT2D eigenvalue weighted by Crippen LogP contribution is 2.32. The fourth-order valence-corrected chi connectivity index (χ4v) is 4.58. The lowest BCUT2D eigenvalue weighted by Crippen LogP contribution is -2.30. The number of benzene rings is 2. The SMILES string of the molecule is Cc1ccc2sc(N(CCCn3ccnc3)C(=O)/C=C/c3ccccc3Cl)nc2c1C.Cl. The number of carbonyl (C=O) groups is 1. The minimum atomic E-state index is -0.112. The monoisotopic (exact) mass is 486 g/mol. The number of hydrogen-bond donors (Lipinski definition) is 0. The minimum Gasteiger partial charge on any atom is -0.337 e. The van der Waals surface area contributed by atoms with E-state index in [4.69, 9.17) is 16.6 Å². The Balaban J connectivity index is 0.00000289. The van der Waals surface area contributed by atoms with E-state index in [9.17, 15) is 4.79 Å². The van der Waals surface area contributed by atoms with E-state index in [-0.39, 0.29) is 18.3 Å². The summed E-state index contributed by atoms with van der Waals surface area (Å²) >= 11 is 7.78. The Morgan fingerprint density at radius 1 is 1.22 bits per heavy atom. The molecular formula is C24H24Cl2N4OS. The van der Waals surface area contributed by atoms with Crippen LogP contribution in [0.2, 0.25) is 5.02 Å². The molecule has 0 unspecified atom stereocenters. The first-order valence-corrected chi connectivity index (χ1v) is 11.3. The molecule has 0 aliphatic carbocycles. The first-order valence-electron chi connectivity index (χ1n) is 10.1. The maximum Gasteiger partial charge on any atom is 0.252 e. The molecule has 0 saturated carbocycles. The van der Waals surface area contributed by atoms with Gasteiger partial charge in [-0.05, 0) is 55.2 Å². The van der Waals surface area contributed by atoms with Gasteiger partial charge in [0.25, 0.3) is 5.91 Å². The predicted octanol–water partition coefficient (Wildman–Crippen LogP) is 6.32. The number of halogens is 2. The van der Waals surface area contributed by atoms with Crippen LogP contribution < -0.4 is 4.90 Å². The van der Waals surface area contributed by atoms with E-state index < -0.39 is 0 Å². The number of imidazole rings is 1. The van der Waals surface area contributed by atoms with E-state index >= 15 is 0 Å². The summed E-state index contributed by atoms with van der Waals surface area (Å²) in [5.74, 6) is -0.112. The van der Waals surface area contributed by atoms with Crippen molar-refractivity contribution in [1.29, 1.82) is 0 Å². The zero-order valence-electron chi connectivity index (χ0n) is 17.9. The molecule has 5 nitrogen and oxygen atoms in total. The van der Waals surface area contributed by atoms with Gasteiger partial charge in [-0.3, -0.25) is 9.69 Å². The van der Waals surface area contributed by atoms with Crippen LogP contribution in [0.15, 0.2) is 61.2 Å². The molecule has 0 aliphatic rings. The number of rotatable bonds is 7. The number of fused-ring (bicyclic) bond motifs is 1. The van der Waals surface area contributed by atoms with Crippen LogP contribution in [0.5, 0.6) is 0 Å². The molecule has 2 aromatic heterocycles. The molecule has 8 heteroatoms. The summed E-state index contributed by atoms with van der Waals surface area (Å²) in [5.41, 5.74) is 4.12. The van der Waals surface area contributed by atoms with E-state index in [2.05, 4.69) is 31.0 Å². The van der Waals surface area contributed by atoms with Crippen LogP contribution in [0.3, 0.4) is 0 Å². The predicted molar refractivity (Wildman–Crippen MR) is 136 cm³/mol. The Morgan fingerprint density at radius 3 is 2.78 bits per heavy atom. The Morgan fingerprint density at radius 2 is 2.03 bits per heavy atom. The third kappa shape index (κ3) is 5.38. The Kier molecular flexibility index (Phi) is 8.07. The lowest BCUT2D eigenvalue weighted by atomic mass is 10.1. The zero-order chi connectivity index (χ0) is 21.8. The number of nitrogens with zero attached hydrogens (tertiary/aromatic N) is 4. The molecule has 2 heterocycles. The summed E-state index contributed by atoms with van der Waals surface area (Å²) in [5, 5.41) is 1.33. The van der Waals surface area contributed by atoms with Crippen molar-refractivity contribution >= 4 is 62.7 Å². The van der Waals surface area contributed by atoms with Gasteiger partial charge in [-0.1, -0.05) is 47.2 Å². The molecular weight excluding hydrogens is 463 g/mol. The molecule has 0 spiro atoms. The van der Waals surface area contributed by atoms with Crippen molar-refractivity contribution in [3.63, 3.8) is 0 Å². The molecule has 0 aliphatic heterocycles. The lowest BCUT2D eigenvalue weighted by molar-refractivity contribution is -0.114. The van der Waals surface area contributed by atoms with E-state index in [0.29, 0.717) is 16.7 Å². The number of amides is 1. The molecule has 4 aromatic rings. The van der Waals surface area contributed by atoms with Gasteiger partial charge in [-0.25, -0.2) is 9.97 Å². The van der Waals surface area contributed by atoms with Gasteiger partial charge in [-0.15, -0.1) is 12.4 Å². The van der Waals surface area contributed by atoms with Crippen LogP contribution in [0, 0.1) is 13.8 Å². The van der Waals surface area contributed by atoms with Gasteiger partial charge >= 0.3 is 0 Å². The third-order valence-electron chi connectivity index (χ3n) is 5.24. The topological polar surface area (TPSA) is 51.0 Å². The quantitative estimate of drug-likeness (QED) is 0.287. The van der Waals surface area contributed by atoms with E-state index in [1.807, 2.05) is 35.0 Å². The molecule has 166 valence electrons. The zero-order valence-corrected chi connectivity index (χ0v) is 20.3. The number of aromatic nitrogens is 3. The Bertz CT molecular complexity index is 1230. The van der Waals surface area contributed by atoms with Crippen LogP contribution >= 0.6 is 35.3 Å². The number of anilines is 1. The molecule has 0 fully saturated rings. The number of thiazole rings is 1.